The highest BCUT2D eigenvalue weighted by Gasteiger charge is 2.51. The van der Waals surface area contributed by atoms with Crippen LogP contribution in [0.1, 0.15) is 0 Å². The summed E-state index contributed by atoms with van der Waals surface area (Å²) in [4.78, 5) is 53.8. The fourth-order valence-electron chi connectivity index (χ4n) is 4.94. The Hall–Kier alpha value is -4.82. The molecule has 1 heterocycles. The fourth-order valence-corrected chi connectivity index (χ4v) is 9.51. The van der Waals surface area contributed by atoms with E-state index in [1.165, 1.54) is 7.11 Å². The van der Waals surface area contributed by atoms with Crippen molar-refractivity contribution in [2.24, 2.45) is 0 Å². The summed E-state index contributed by atoms with van der Waals surface area (Å²) >= 11 is 0. The SMILES string of the molecule is COC(=O)C1=CN(C(=O)OC)N(C(=O)OC)C1C(C(=O)OC)=P(c1ccccc1)(c1ccccc1)c1ccccc1. The number of hydrogen-bond acceptors (Lipinski definition) is 8. The van der Waals surface area contributed by atoms with Gasteiger partial charge in [0.1, 0.15) is 6.04 Å². The second-order valence-electron chi connectivity index (χ2n) is 8.66. The third kappa shape index (κ3) is 5.10. The number of hydrogen-bond donors (Lipinski definition) is 0. The van der Waals surface area contributed by atoms with Crippen LogP contribution >= 0.6 is 6.89 Å². The van der Waals surface area contributed by atoms with Gasteiger partial charge in [0.2, 0.25) is 0 Å². The van der Waals surface area contributed by atoms with Crippen molar-refractivity contribution in [3.63, 3.8) is 0 Å². The van der Waals surface area contributed by atoms with Gasteiger partial charge in [-0.25, -0.2) is 19.2 Å². The van der Waals surface area contributed by atoms with Gasteiger partial charge in [-0.05, 0) is 22.8 Å². The summed E-state index contributed by atoms with van der Waals surface area (Å²) in [5.74, 6) is -1.67. The van der Waals surface area contributed by atoms with Gasteiger partial charge in [-0.15, -0.1) is 0 Å². The molecule has 0 saturated carbocycles. The lowest BCUT2D eigenvalue weighted by Crippen LogP contribution is -2.55. The maximum Gasteiger partial charge on any atom is 0.432 e. The summed E-state index contributed by atoms with van der Waals surface area (Å²) in [5, 5.41) is 3.92. The molecule has 0 fully saturated rings. The van der Waals surface area contributed by atoms with Gasteiger partial charge in [0.05, 0.1) is 39.3 Å². The minimum atomic E-state index is -3.26. The molecule has 1 aliphatic heterocycles. The van der Waals surface area contributed by atoms with Gasteiger partial charge in [0.25, 0.3) is 0 Å². The summed E-state index contributed by atoms with van der Waals surface area (Å²) in [6, 6.07) is 26.4. The van der Waals surface area contributed by atoms with Crippen molar-refractivity contribution in [1.29, 1.82) is 0 Å². The lowest BCUT2D eigenvalue weighted by Gasteiger charge is -2.37. The van der Waals surface area contributed by atoms with Crippen molar-refractivity contribution in [2.75, 3.05) is 28.4 Å². The van der Waals surface area contributed by atoms with Crippen LogP contribution in [-0.2, 0) is 28.5 Å². The Bertz CT molecular complexity index is 1420. The number of methoxy groups -OCH3 is 4. The van der Waals surface area contributed by atoms with Crippen LogP contribution < -0.4 is 15.9 Å². The van der Waals surface area contributed by atoms with Crippen molar-refractivity contribution in [3.05, 3.63) is 103 Å². The van der Waals surface area contributed by atoms with Gasteiger partial charge >= 0.3 is 24.1 Å². The van der Waals surface area contributed by atoms with Crippen LogP contribution in [0.3, 0.4) is 0 Å². The van der Waals surface area contributed by atoms with E-state index in [2.05, 4.69) is 0 Å². The maximum absolute atomic E-state index is 14.2. The molecule has 4 rings (SSSR count). The van der Waals surface area contributed by atoms with Crippen molar-refractivity contribution in [1.82, 2.24) is 10.0 Å². The van der Waals surface area contributed by atoms with Crippen molar-refractivity contribution in [3.8, 4) is 0 Å². The van der Waals surface area contributed by atoms with Gasteiger partial charge in [0.15, 0.2) is 0 Å². The number of benzene rings is 3. The van der Waals surface area contributed by atoms with Gasteiger partial charge in [-0.2, -0.15) is 10.0 Å². The van der Waals surface area contributed by atoms with E-state index in [0.29, 0.717) is 0 Å². The Kier molecular flexibility index (Phi) is 8.94. The molecule has 0 bridgehead atoms. The summed E-state index contributed by atoms with van der Waals surface area (Å²) in [5.41, 5.74) is -0.170. The predicted molar refractivity (Wildman–Crippen MR) is 155 cm³/mol. The Morgan fingerprint density at radius 3 is 1.41 bits per heavy atom. The normalized spacial score (nSPS) is 14.5. The molecule has 3 aromatic rings. The highest BCUT2D eigenvalue weighted by Crippen LogP contribution is 2.49. The Morgan fingerprint density at radius 1 is 0.610 bits per heavy atom. The molecule has 11 heteroatoms. The van der Waals surface area contributed by atoms with Crippen LogP contribution in [0.15, 0.2) is 103 Å². The van der Waals surface area contributed by atoms with E-state index >= 15 is 0 Å². The Balaban J connectivity index is 2.32. The molecule has 0 aromatic heterocycles. The second kappa shape index (κ2) is 12.6. The molecule has 1 unspecified atom stereocenters. The maximum atomic E-state index is 14.2. The monoisotopic (exact) mass is 576 g/mol. The van der Waals surface area contributed by atoms with E-state index in [1.54, 1.807) is 0 Å². The number of esters is 2. The second-order valence-corrected chi connectivity index (χ2v) is 12.0. The molecule has 41 heavy (non-hydrogen) atoms. The van der Waals surface area contributed by atoms with Crippen LogP contribution in [0.4, 0.5) is 9.59 Å². The van der Waals surface area contributed by atoms with E-state index < -0.39 is 37.1 Å². The van der Waals surface area contributed by atoms with Crippen LogP contribution in [0.5, 0.6) is 0 Å². The van der Waals surface area contributed by atoms with Crippen LogP contribution in [0.2, 0.25) is 0 Å². The van der Waals surface area contributed by atoms with Crippen LogP contribution in [0.25, 0.3) is 0 Å². The van der Waals surface area contributed by atoms with Crippen molar-refractivity contribution in [2.45, 2.75) is 6.04 Å². The van der Waals surface area contributed by atoms with Crippen LogP contribution in [-0.4, -0.2) is 73.9 Å². The average Bonchev–Trinajstić information content (AvgIpc) is 3.43. The molecule has 2 amide bonds. The molecule has 10 nitrogen and oxygen atoms in total. The number of ether oxygens (including phenoxy) is 4. The molecular weight excluding hydrogens is 547 g/mol. The molecule has 1 atom stereocenters. The van der Waals surface area contributed by atoms with Gasteiger partial charge in [-0.3, -0.25) is 0 Å². The van der Waals surface area contributed by atoms with Gasteiger partial charge < -0.3 is 18.9 Å². The standard InChI is InChI=1S/C30H29N2O8P/c1-37-27(33)24-20-31(29(35)39-3)32(30(36)40-4)25(24)26(28(34)38-2)41(21-14-8-5-9-15-21,22-16-10-6-11-17-22)23-18-12-7-13-19-23/h5-20,25H,1-4H3. The number of carbonyl (C=O) groups excluding carboxylic acids is 4. The summed E-state index contributed by atoms with van der Waals surface area (Å²) in [7, 11) is 4.62. The smallest absolute Gasteiger partial charge is 0.432 e. The third-order valence-electron chi connectivity index (χ3n) is 6.62. The minimum absolute atomic E-state index is 0.0389. The minimum Gasteiger partial charge on any atom is -0.466 e. The molecule has 212 valence electrons. The zero-order valence-electron chi connectivity index (χ0n) is 22.9. The van der Waals surface area contributed by atoms with E-state index in [9.17, 15) is 19.2 Å². The molecule has 0 spiro atoms. The summed E-state index contributed by atoms with van der Waals surface area (Å²) < 4.78 is 20.4. The quantitative estimate of drug-likeness (QED) is 0.250. The highest BCUT2D eigenvalue weighted by molar-refractivity contribution is 7.96. The number of carbonyl (C=O) groups is 4. The number of nitrogens with zero attached hydrogens (tertiary/aromatic N) is 2. The first-order chi connectivity index (χ1) is 19.9. The molecule has 0 N–H and O–H groups in total. The number of amides is 2. The Labute approximate surface area is 237 Å². The zero-order valence-corrected chi connectivity index (χ0v) is 23.8. The molecule has 0 saturated heterocycles. The summed E-state index contributed by atoms with van der Waals surface area (Å²) in [6.07, 6.45) is -0.909. The molecule has 1 aliphatic rings. The Morgan fingerprint density at radius 2 is 1.05 bits per heavy atom. The molecular formula is C30H29N2O8P. The largest absolute Gasteiger partial charge is 0.466 e. The summed E-state index contributed by atoms with van der Waals surface area (Å²) in [6.45, 7) is -3.26. The highest BCUT2D eigenvalue weighted by atomic mass is 31.2. The van der Waals surface area contributed by atoms with E-state index in [-0.39, 0.29) is 10.9 Å². The van der Waals surface area contributed by atoms with Crippen LogP contribution in [0, 0.1) is 0 Å². The van der Waals surface area contributed by atoms with E-state index in [0.717, 1.165) is 53.5 Å². The topological polar surface area (TPSA) is 112 Å². The first kappa shape index (κ1) is 29.2. The molecule has 3 aromatic carbocycles. The van der Waals surface area contributed by atoms with Crippen molar-refractivity contribution >= 4 is 52.2 Å². The third-order valence-corrected chi connectivity index (χ3v) is 11.0. The van der Waals surface area contributed by atoms with Crippen molar-refractivity contribution < 1.29 is 38.1 Å². The predicted octanol–water partition coefficient (Wildman–Crippen LogP) is 2.82. The molecule has 0 radical (unpaired) electrons. The number of rotatable bonds is 6. The lowest BCUT2D eigenvalue weighted by molar-refractivity contribution is -0.136. The molecule has 0 aliphatic carbocycles. The zero-order chi connectivity index (χ0) is 29.6. The fraction of sp³-hybridized carbons (Fsp3) is 0.167. The first-order valence-electron chi connectivity index (χ1n) is 12.4. The average molecular weight is 577 g/mol. The van der Waals surface area contributed by atoms with E-state index in [1.807, 2.05) is 91.0 Å². The first-order valence-corrected chi connectivity index (χ1v) is 14.2. The van der Waals surface area contributed by atoms with Gasteiger partial charge in [-0.1, -0.05) is 91.0 Å². The lowest BCUT2D eigenvalue weighted by atomic mass is 10.1. The van der Waals surface area contributed by atoms with Gasteiger partial charge in [0, 0.05) is 6.20 Å². The van der Waals surface area contributed by atoms with E-state index in [4.69, 9.17) is 18.9 Å². The number of hydrazine groups is 1.